The molecule has 3 aromatic carbocycles. The summed E-state index contributed by atoms with van der Waals surface area (Å²) >= 11 is 0. The number of ether oxygens (including phenoxy) is 3. The van der Waals surface area contributed by atoms with Gasteiger partial charge in [-0.05, 0) is 101 Å². The van der Waals surface area contributed by atoms with E-state index in [0.29, 0.717) is 31.8 Å². The van der Waals surface area contributed by atoms with E-state index in [4.69, 9.17) is 14.2 Å². The minimum Gasteiger partial charge on any atom is -0.493 e. The Morgan fingerprint density at radius 2 is 1.50 bits per heavy atom. The summed E-state index contributed by atoms with van der Waals surface area (Å²) < 4.78 is 16.5. The van der Waals surface area contributed by atoms with Crippen molar-refractivity contribution in [3.8, 4) is 5.75 Å². The van der Waals surface area contributed by atoms with Crippen molar-refractivity contribution in [1.29, 1.82) is 0 Å². The summed E-state index contributed by atoms with van der Waals surface area (Å²) in [5, 5.41) is 0. The zero-order valence-electron chi connectivity index (χ0n) is 29.0. The van der Waals surface area contributed by atoms with Gasteiger partial charge >= 0.3 is 11.9 Å². The number of anilines is 1. The van der Waals surface area contributed by atoms with Crippen LogP contribution in [0.2, 0.25) is 0 Å². The van der Waals surface area contributed by atoms with Gasteiger partial charge in [-0.2, -0.15) is 0 Å². The summed E-state index contributed by atoms with van der Waals surface area (Å²) in [5.41, 5.74) is 4.12. The number of piperazine rings is 1. The number of allylic oxidation sites excluding steroid dienone is 1. The standard InChI is InChI=1S/C41H54N2O5/c1-3-46-40(44)20-12-9-15-34(33-35-22-25-37(26-23-35)41(45)47-4-2)21-24-36-16-10-11-19-39(36)48-32-14-6-13-27-42-28-30-43(31-29-42)38-17-7-5-8-18-38/h5,7-8,10-11,16-19,21-26,34H,3-4,6,9,12-15,20,27-33H2,1-2H3. The first-order valence-electron chi connectivity index (χ1n) is 17.9. The number of benzene rings is 3. The van der Waals surface area contributed by atoms with Gasteiger partial charge in [0.25, 0.3) is 0 Å². The summed E-state index contributed by atoms with van der Waals surface area (Å²) in [7, 11) is 0. The molecule has 0 aromatic heterocycles. The molecule has 0 spiro atoms. The predicted molar refractivity (Wildman–Crippen MR) is 195 cm³/mol. The zero-order chi connectivity index (χ0) is 33.8. The van der Waals surface area contributed by atoms with Crippen LogP contribution in [0.1, 0.15) is 80.3 Å². The second-order valence-corrected chi connectivity index (χ2v) is 12.4. The third kappa shape index (κ3) is 12.8. The highest BCUT2D eigenvalue weighted by atomic mass is 16.5. The molecule has 1 fully saturated rings. The average molecular weight is 655 g/mol. The first kappa shape index (κ1) is 36.7. The van der Waals surface area contributed by atoms with Crippen LogP contribution in [-0.4, -0.2) is 69.4 Å². The first-order valence-corrected chi connectivity index (χ1v) is 17.9. The average Bonchev–Trinajstić information content (AvgIpc) is 3.12. The van der Waals surface area contributed by atoms with E-state index < -0.39 is 0 Å². The number of para-hydroxylation sites is 2. The molecule has 1 atom stereocenters. The van der Waals surface area contributed by atoms with Crippen molar-refractivity contribution in [2.24, 2.45) is 5.92 Å². The van der Waals surface area contributed by atoms with E-state index in [9.17, 15) is 9.59 Å². The molecular formula is C41H54N2O5. The Balaban J connectivity index is 1.24. The summed E-state index contributed by atoms with van der Waals surface area (Å²) in [5.74, 6) is 0.745. The second-order valence-electron chi connectivity index (χ2n) is 12.4. The van der Waals surface area contributed by atoms with Gasteiger partial charge < -0.3 is 19.1 Å². The van der Waals surface area contributed by atoms with E-state index in [1.54, 1.807) is 0 Å². The summed E-state index contributed by atoms with van der Waals surface area (Å²) in [6, 6.07) is 26.6. The van der Waals surface area contributed by atoms with Gasteiger partial charge in [-0.1, -0.05) is 67.1 Å². The second kappa shape index (κ2) is 21.0. The van der Waals surface area contributed by atoms with Crippen LogP contribution < -0.4 is 9.64 Å². The van der Waals surface area contributed by atoms with Crippen LogP contribution >= 0.6 is 0 Å². The van der Waals surface area contributed by atoms with Crippen LogP contribution in [0, 0.1) is 5.92 Å². The normalized spacial score (nSPS) is 14.2. The molecule has 3 aromatic rings. The molecule has 0 bridgehead atoms. The fourth-order valence-electron chi connectivity index (χ4n) is 6.12. The van der Waals surface area contributed by atoms with Crippen molar-refractivity contribution in [3.05, 3.63) is 102 Å². The first-order chi connectivity index (χ1) is 23.6. The van der Waals surface area contributed by atoms with Crippen LogP contribution in [0.4, 0.5) is 5.69 Å². The molecule has 7 nitrogen and oxygen atoms in total. The summed E-state index contributed by atoms with van der Waals surface area (Å²) in [6.07, 6.45) is 11.8. The number of unbranched alkanes of at least 4 members (excludes halogenated alkanes) is 3. The lowest BCUT2D eigenvalue weighted by Gasteiger charge is -2.36. The maximum atomic E-state index is 12.1. The number of hydrogen-bond donors (Lipinski definition) is 0. The molecule has 1 aliphatic rings. The number of carbonyl (C=O) groups excluding carboxylic acids is 2. The maximum Gasteiger partial charge on any atom is 0.338 e. The van der Waals surface area contributed by atoms with Crippen molar-refractivity contribution in [3.63, 3.8) is 0 Å². The highest BCUT2D eigenvalue weighted by molar-refractivity contribution is 5.89. The van der Waals surface area contributed by atoms with E-state index in [1.807, 2.05) is 56.3 Å². The lowest BCUT2D eigenvalue weighted by Crippen LogP contribution is -2.46. The fraction of sp³-hybridized carbons (Fsp3) is 0.463. The predicted octanol–water partition coefficient (Wildman–Crippen LogP) is 8.23. The van der Waals surface area contributed by atoms with Gasteiger partial charge in [0.05, 0.1) is 25.4 Å². The summed E-state index contributed by atoms with van der Waals surface area (Å²) in [4.78, 5) is 29.0. The van der Waals surface area contributed by atoms with Gasteiger partial charge in [0.15, 0.2) is 0 Å². The SMILES string of the molecule is CCOC(=O)CCCCC(C=Cc1ccccc1OCCCCCN1CCN(c2ccccc2)CC1)Cc1ccc(C(=O)OCC)cc1. The smallest absolute Gasteiger partial charge is 0.338 e. The Labute approximate surface area is 287 Å². The van der Waals surface area contributed by atoms with E-state index in [0.717, 1.165) is 88.1 Å². The van der Waals surface area contributed by atoms with Crippen LogP contribution in [-0.2, 0) is 20.7 Å². The van der Waals surface area contributed by atoms with Gasteiger partial charge in [0, 0.05) is 43.9 Å². The van der Waals surface area contributed by atoms with Gasteiger partial charge in [0.2, 0.25) is 0 Å². The van der Waals surface area contributed by atoms with Crippen molar-refractivity contribution in [2.75, 3.05) is 57.4 Å². The molecule has 1 aliphatic heterocycles. The molecule has 1 saturated heterocycles. The van der Waals surface area contributed by atoms with Gasteiger partial charge in [-0.25, -0.2) is 4.79 Å². The highest BCUT2D eigenvalue weighted by Gasteiger charge is 2.16. The number of nitrogens with zero attached hydrogens (tertiary/aromatic N) is 2. The van der Waals surface area contributed by atoms with Gasteiger partial charge in [-0.3, -0.25) is 9.69 Å². The zero-order valence-corrected chi connectivity index (χ0v) is 29.0. The Morgan fingerprint density at radius 3 is 2.25 bits per heavy atom. The van der Waals surface area contributed by atoms with Crippen LogP contribution in [0.25, 0.3) is 6.08 Å². The summed E-state index contributed by atoms with van der Waals surface area (Å²) in [6.45, 7) is 10.7. The van der Waals surface area contributed by atoms with E-state index >= 15 is 0 Å². The Bertz CT molecular complexity index is 1380. The molecule has 0 aliphatic carbocycles. The van der Waals surface area contributed by atoms with Crippen molar-refractivity contribution in [2.45, 2.75) is 65.2 Å². The number of esters is 2. The molecular weight excluding hydrogens is 600 g/mol. The Kier molecular flexibility index (Phi) is 16.1. The monoisotopic (exact) mass is 654 g/mol. The maximum absolute atomic E-state index is 12.1. The molecule has 0 amide bonds. The molecule has 48 heavy (non-hydrogen) atoms. The Hall–Kier alpha value is -4.10. The number of hydrogen-bond acceptors (Lipinski definition) is 7. The van der Waals surface area contributed by atoms with E-state index in [1.165, 1.54) is 12.1 Å². The lowest BCUT2D eigenvalue weighted by atomic mass is 9.92. The molecule has 1 unspecified atom stereocenters. The quantitative estimate of drug-likeness (QED) is 0.0898. The Morgan fingerprint density at radius 1 is 0.771 bits per heavy atom. The topological polar surface area (TPSA) is 68.3 Å². The third-order valence-corrected chi connectivity index (χ3v) is 8.81. The number of rotatable bonds is 20. The van der Waals surface area contributed by atoms with Crippen molar-refractivity contribution < 1.29 is 23.8 Å². The highest BCUT2D eigenvalue weighted by Crippen LogP contribution is 2.24. The molecule has 7 heteroatoms. The number of carbonyl (C=O) groups is 2. The molecule has 258 valence electrons. The van der Waals surface area contributed by atoms with Crippen LogP contribution in [0.15, 0.2) is 84.9 Å². The lowest BCUT2D eigenvalue weighted by molar-refractivity contribution is -0.143. The van der Waals surface area contributed by atoms with Crippen LogP contribution in [0.3, 0.4) is 0 Å². The van der Waals surface area contributed by atoms with Gasteiger partial charge in [0.1, 0.15) is 5.75 Å². The van der Waals surface area contributed by atoms with E-state index in [2.05, 4.69) is 58.4 Å². The molecule has 0 N–H and O–H groups in total. The van der Waals surface area contributed by atoms with Crippen molar-refractivity contribution >= 4 is 23.7 Å². The minimum atomic E-state index is -0.298. The minimum absolute atomic E-state index is 0.133. The van der Waals surface area contributed by atoms with Crippen LogP contribution in [0.5, 0.6) is 5.75 Å². The van der Waals surface area contributed by atoms with Crippen molar-refractivity contribution in [1.82, 2.24) is 4.90 Å². The largest absolute Gasteiger partial charge is 0.493 e. The third-order valence-electron chi connectivity index (χ3n) is 8.81. The molecule has 0 saturated carbocycles. The molecule has 4 rings (SSSR count). The fourth-order valence-corrected chi connectivity index (χ4v) is 6.12. The molecule has 0 radical (unpaired) electrons. The molecule has 1 heterocycles. The van der Waals surface area contributed by atoms with E-state index in [-0.39, 0.29) is 17.9 Å². The van der Waals surface area contributed by atoms with Gasteiger partial charge in [-0.15, -0.1) is 0 Å².